The number of nitrogens with one attached hydrogen (secondary N) is 1. The summed E-state index contributed by atoms with van der Waals surface area (Å²) in [6.45, 7) is 0.646. The quantitative estimate of drug-likeness (QED) is 0.309. The normalized spacial score (nSPS) is 25.5. The van der Waals surface area contributed by atoms with Gasteiger partial charge in [0.1, 0.15) is 0 Å². The van der Waals surface area contributed by atoms with Gasteiger partial charge in [0.25, 0.3) is 0 Å². The van der Waals surface area contributed by atoms with E-state index in [1.807, 2.05) is 0 Å². The molecule has 3 atom stereocenters. The Morgan fingerprint density at radius 3 is 2.48 bits per heavy atom. The lowest BCUT2D eigenvalue weighted by Gasteiger charge is -2.29. The van der Waals surface area contributed by atoms with Crippen molar-refractivity contribution in [2.45, 2.75) is 67.8 Å². The van der Waals surface area contributed by atoms with Crippen LogP contribution in [-0.2, 0) is 9.59 Å². The van der Waals surface area contributed by atoms with Crippen LogP contribution >= 0.6 is 22.6 Å². The molecule has 1 rings (SSSR count). The molecule has 0 aromatic rings. The van der Waals surface area contributed by atoms with Crippen LogP contribution in [0.25, 0.3) is 0 Å². The van der Waals surface area contributed by atoms with E-state index in [9.17, 15) is 14.7 Å². The molecule has 0 aromatic carbocycles. The maximum atomic E-state index is 12.0. The molecule has 122 valence electrons. The highest BCUT2D eigenvalue weighted by molar-refractivity contribution is 14.1. The van der Waals surface area contributed by atoms with Crippen molar-refractivity contribution in [2.75, 3.05) is 6.54 Å². The largest absolute Gasteiger partial charge is 0.481 e. The number of hydrogen-bond acceptors (Lipinski definition) is 3. The van der Waals surface area contributed by atoms with Crippen LogP contribution in [-0.4, -0.2) is 38.7 Å². The molecule has 0 bridgehead atoms. The number of alkyl halides is 1. The van der Waals surface area contributed by atoms with Crippen LogP contribution in [0.1, 0.15) is 57.8 Å². The maximum absolute atomic E-state index is 12.0. The minimum Gasteiger partial charge on any atom is -0.481 e. The van der Waals surface area contributed by atoms with Crippen molar-refractivity contribution < 1.29 is 19.8 Å². The number of amides is 1. The number of aliphatic carboxylic acids is 1. The molecule has 1 amide bonds. The second kappa shape index (κ2) is 10.4. The van der Waals surface area contributed by atoms with Gasteiger partial charge in [-0.1, -0.05) is 41.9 Å². The smallest absolute Gasteiger partial charge is 0.303 e. The number of carboxylic acid groups (broad SMARTS) is 1. The number of carbonyl (C=O) groups excluding carboxylic acids is 1. The second-order valence-electron chi connectivity index (χ2n) is 5.79. The van der Waals surface area contributed by atoms with Gasteiger partial charge in [-0.15, -0.1) is 0 Å². The van der Waals surface area contributed by atoms with E-state index in [1.165, 1.54) is 0 Å². The zero-order chi connectivity index (χ0) is 15.7. The van der Waals surface area contributed by atoms with E-state index in [0.717, 1.165) is 51.4 Å². The number of halogens is 1. The lowest BCUT2D eigenvalue weighted by atomic mass is 9.86. The molecule has 0 saturated heterocycles. The minimum absolute atomic E-state index is 0.0188. The average Bonchev–Trinajstić information content (AvgIpc) is 2.43. The van der Waals surface area contributed by atoms with Gasteiger partial charge in [0.2, 0.25) is 5.91 Å². The topological polar surface area (TPSA) is 86.6 Å². The molecule has 5 nitrogen and oxygen atoms in total. The number of carbonyl (C=O) groups is 2. The van der Waals surface area contributed by atoms with Crippen molar-refractivity contribution in [3.05, 3.63) is 0 Å². The summed E-state index contributed by atoms with van der Waals surface area (Å²) in [5.41, 5.74) is 0. The molecule has 1 aliphatic carbocycles. The minimum atomic E-state index is -0.734. The van der Waals surface area contributed by atoms with E-state index < -0.39 is 12.1 Å². The average molecular weight is 411 g/mol. The molecular formula is C15H26INO4. The number of unbranched alkanes of at least 4 members (excludes halogenated alkanes) is 4. The van der Waals surface area contributed by atoms with E-state index in [0.29, 0.717) is 10.5 Å². The van der Waals surface area contributed by atoms with Gasteiger partial charge in [-0.3, -0.25) is 9.59 Å². The standard InChI is InChI=1S/C15H26INO4/c16-11-7-8-13(18)12(10-11)15(21)17-9-5-3-1-2-4-6-14(19)20/h11-13,18H,1-10H2,(H,17,21)(H,19,20). The van der Waals surface area contributed by atoms with Crippen molar-refractivity contribution in [3.8, 4) is 0 Å². The zero-order valence-corrected chi connectivity index (χ0v) is 14.5. The van der Waals surface area contributed by atoms with Gasteiger partial charge in [0, 0.05) is 16.9 Å². The molecule has 3 N–H and O–H groups in total. The molecule has 0 aromatic heterocycles. The van der Waals surface area contributed by atoms with Crippen molar-refractivity contribution in [1.82, 2.24) is 5.32 Å². The lowest BCUT2D eigenvalue weighted by molar-refractivity contribution is -0.137. The molecule has 0 aliphatic heterocycles. The molecule has 0 spiro atoms. The maximum Gasteiger partial charge on any atom is 0.303 e. The van der Waals surface area contributed by atoms with Crippen molar-refractivity contribution >= 4 is 34.5 Å². The summed E-state index contributed by atoms with van der Waals surface area (Å²) in [4.78, 5) is 22.4. The monoisotopic (exact) mass is 411 g/mol. The highest BCUT2D eigenvalue weighted by atomic mass is 127. The molecule has 6 heteroatoms. The molecular weight excluding hydrogens is 385 g/mol. The van der Waals surface area contributed by atoms with Crippen molar-refractivity contribution in [2.24, 2.45) is 5.92 Å². The van der Waals surface area contributed by atoms with Gasteiger partial charge in [-0.05, 0) is 32.1 Å². The SMILES string of the molecule is O=C(O)CCCCCCCNC(=O)C1CC(I)CCC1O. The molecule has 1 fully saturated rings. The molecule has 0 radical (unpaired) electrons. The highest BCUT2D eigenvalue weighted by Gasteiger charge is 2.32. The Labute approximate surface area is 140 Å². The summed E-state index contributed by atoms with van der Waals surface area (Å²) in [5.74, 6) is -1.01. The number of hydrogen-bond donors (Lipinski definition) is 3. The van der Waals surface area contributed by atoms with Crippen molar-refractivity contribution in [1.29, 1.82) is 0 Å². The van der Waals surface area contributed by atoms with E-state index >= 15 is 0 Å². The predicted octanol–water partition coefficient (Wildman–Crippen LogP) is 2.49. The third-order valence-electron chi connectivity index (χ3n) is 3.95. The first kappa shape index (κ1) is 18.7. The summed E-state index contributed by atoms with van der Waals surface area (Å²) in [7, 11) is 0. The van der Waals surface area contributed by atoms with E-state index in [-0.39, 0.29) is 18.2 Å². The van der Waals surface area contributed by atoms with Gasteiger partial charge in [0.05, 0.1) is 12.0 Å². The van der Waals surface area contributed by atoms with Crippen LogP contribution in [0.5, 0.6) is 0 Å². The number of aliphatic hydroxyl groups is 1. The van der Waals surface area contributed by atoms with E-state index in [1.54, 1.807) is 0 Å². The third-order valence-corrected chi connectivity index (χ3v) is 5.08. The highest BCUT2D eigenvalue weighted by Crippen LogP contribution is 2.29. The Hall–Kier alpha value is -0.370. The Kier molecular flexibility index (Phi) is 9.23. The van der Waals surface area contributed by atoms with Gasteiger partial charge >= 0.3 is 5.97 Å². The summed E-state index contributed by atoms with van der Waals surface area (Å²) < 4.78 is 0.482. The number of rotatable bonds is 9. The summed E-state index contributed by atoms with van der Waals surface area (Å²) in [5, 5.41) is 21.3. The van der Waals surface area contributed by atoms with Crippen LogP contribution in [0.4, 0.5) is 0 Å². The Bertz CT molecular complexity index is 338. The van der Waals surface area contributed by atoms with Gasteiger partial charge in [-0.25, -0.2) is 0 Å². The Morgan fingerprint density at radius 1 is 1.10 bits per heavy atom. The summed E-state index contributed by atoms with van der Waals surface area (Å²) in [6, 6.07) is 0. The summed E-state index contributed by atoms with van der Waals surface area (Å²) >= 11 is 2.35. The Balaban J connectivity index is 2.04. The summed E-state index contributed by atoms with van der Waals surface area (Å²) in [6.07, 6.45) is 6.80. The molecule has 3 unspecified atom stereocenters. The number of aliphatic hydroxyl groups excluding tert-OH is 1. The van der Waals surface area contributed by atoms with Gasteiger partial charge < -0.3 is 15.5 Å². The third kappa shape index (κ3) is 7.99. The number of carboxylic acids is 1. The molecule has 21 heavy (non-hydrogen) atoms. The first-order chi connectivity index (χ1) is 10.0. The molecule has 1 saturated carbocycles. The molecule has 0 heterocycles. The fourth-order valence-electron chi connectivity index (χ4n) is 2.66. The van der Waals surface area contributed by atoms with Crippen LogP contribution in [0.3, 0.4) is 0 Å². The van der Waals surface area contributed by atoms with Crippen LogP contribution in [0.2, 0.25) is 0 Å². The Morgan fingerprint density at radius 2 is 1.76 bits per heavy atom. The van der Waals surface area contributed by atoms with Crippen molar-refractivity contribution in [3.63, 3.8) is 0 Å². The van der Waals surface area contributed by atoms with Crippen LogP contribution in [0, 0.1) is 5.92 Å². The predicted molar refractivity (Wildman–Crippen MR) is 89.5 cm³/mol. The zero-order valence-electron chi connectivity index (χ0n) is 12.4. The lowest BCUT2D eigenvalue weighted by Crippen LogP contribution is -2.41. The molecule has 1 aliphatic rings. The van der Waals surface area contributed by atoms with Gasteiger partial charge in [-0.2, -0.15) is 0 Å². The first-order valence-corrected chi connectivity index (χ1v) is 9.07. The first-order valence-electron chi connectivity index (χ1n) is 7.82. The van der Waals surface area contributed by atoms with Gasteiger partial charge in [0.15, 0.2) is 0 Å². The van der Waals surface area contributed by atoms with Crippen LogP contribution in [0.15, 0.2) is 0 Å². The fourth-order valence-corrected chi connectivity index (χ4v) is 3.57. The van der Waals surface area contributed by atoms with Crippen LogP contribution < -0.4 is 5.32 Å². The fraction of sp³-hybridized carbons (Fsp3) is 0.867. The van der Waals surface area contributed by atoms with E-state index in [4.69, 9.17) is 5.11 Å². The second-order valence-corrected chi connectivity index (χ2v) is 7.55. The van der Waals surface area contributed by atoms with E-state index in [2.05, 4.69) is 27.9 Å².